The predicted molar refractivity (Wildman–Crippen MR) is 111 cm³/mol. The van der Waals surface area contributed by atoms with Gasteiger partial charge in [-0.15, -0.1) is 0 Å². The Hall–Kier alpha value is -3.04. The Labute approximate surface area is 167 Å². The summed E-state index contributed by atoms with van der Waals surface area (Å²) >= 11 is 5.19. The van der Waals surface area contributed by atoms with E-state index in [9.17, 15) is 14.9 Å². The van der Waals surface area contributed by atoms with E-state index in [0.29, 0.717) is 32.0 Å². The second kappa shape index (κ2) is 8.77. The molecule has 0 atom stereocenters. The van der Waals surface area contributed by atoms with E-state index in [2.05, 4.69) is 10.6 Å². The minimum Gasteiger partial charge on any atom is -0.378 e. The van der Waals surface area contributed by atoms with E-state index in [0.717, 1.165) is 11.3 Å². The van der Waals surface area contributed by atoms with Gasteiger partial charge in [-0.1, -0.05) is 18.2 Å². The topological polar surface area (TPSA) is 96.7 Å². The summed E-state index contributed by atoms with van der Waals surface area (Å²) in [6, 6.07) is 11.9. The van der Waals surface area contributed by atoms with Gasteiger partial charge in [-0.3, -0.25) is 20.2 Å². The molecule has 1 fully saturated rings. The van der Waals surface area contributed by atoms with Crippen molar-refractivity contribution in [2.24, 2.45) is 0 Å². The van der Waals surface area contributed by atoms with Crippen LogP contribution < -0.4 is 15.5 Å². The van der Waals surface area contributed by atoms with Crippen LogP contribution in [0.4, 0.5) is 17.1 Å². The standard InChI is InChI=1S/C19H20N4O4S/c1-13-4-2-3-5-15(13)20-19(28)21-18(24)14-6-7-16(17(12-14)23(25)26)22-8-10-27-11-9-22/h2-7,12H,8-11H2,1H3,(H2,20,21,24,28). The van der Waals surface area contributed by atoms with Crippen LogP contribution in [-0.2, 0) is 4.74 Å². The van der Waals surface area contributed by atoms with Crippen LogP contribution in [0.3, 0.4) is 0 Å². The van der Waals surface area contributed by atoms with Crippen LogP contribution in [-0.4, -0.2) is 42.2 Å². The average Bonchev–Trinajstić information content (AvgIpc) is 2.70. The maximum atomic E-state index is 12.5. The lowest BCUT2D eigenvalue weighted by Gasteiger charge is -2.28. The summed E-state index contributed by atoms with van der Waals surface area (Å²) in [7, 11) is 0. The Kier molecular flexibility index (Phi) is 6.17. The van der Waals surface area contributed by atoms with Crippen molar-refractivity contribution in [3.8, 4) is 0 Å². The second-order valence-electron chi connectivity index (χ2n) is 6.28. The van der Waals surface area contributed by atoms with Gasteiger partial charge < -0.3 is 15.0 Å². The molecule has 0 aromatic heterocycles. The van der Waals surface area contributed by atoms with Crippen LogP contribution in [0.1, 0.15) is 15.9 Å². The average molecular weight is 400 g/mol. The fourth-order valence-corrected chi connectivity index (χ4v) is 3.13. The monoisotopic (exact) mass is 400 g/mol. The van der Waals surface area contributed by atoms with E-state index < -0.39 is 10.8 Å². The highest BCUT2D eigenvalue weighted by molar-refractivity contribution is 7.80. The number of para-hydroxylation sites is 1. The zero-order chi connectivity index (χ0) is 20.1. The van der Waals surface area contributed by atoms with E-state index >= 15 is 0 Å². The Morgan fingerprint density at radius 3 is 2.61 bits per heavy atom. The first-order valence-corrected chi connectivity index (χ1v) is 9.15. The quantitative estimate of drug-likeness (QED) is 0.463. The molecular weight excluding hydrogens is 380 g/mol. The number of carbonyl (C=O) groups excluding carboxylic acids is 1. The van der Waals surface area contributed by atoms with E-state index in [4.69, 9.17) is 17.0 Å². The normalized spacial score (nSPS) is 13.7. The number of benzene rings is 2. The molecule has 2 aromatic rings. The molecule has 1 aliphatic heterocycles. The number of ether oxygens (including phenoxy) is 1. The molecule has 1 amide bonds. The highest BCUT2D eigenvalue weighted by Crippen LogP contribution is 2.30. The van der Waals surface area contributed by atoms with E-state index in [1.165, 1.54) is 6.07 Å². The molecule has 2 N–H and O–H groups in total. The molecule has 0 unspecified atom stereocenters. The van der Waals surface area contributed by atoms with Gasteiger partial charge in [-0.25, -0.2) is 0 Å². The number of nitro groups is 1. The van der Waals surface area contributed by atoms with Gasteiger partial charge >= 0.3 is 0 Å². The number of morpholine rings is 1. The van der Waals surface area contributed by atoms with Gasteiger partial charge in [-0.05, 0) is 42.9 Å². The maximum Gasteiger partial charge on any atom is 0.293 e. The number of aryl methyl sites for hydroxylation is 1. The molecule has 0 aliphatic carbocycles. The van der Waals surface area contributed by atoms with Crippen LogP contribution in [0, 0.1) is 17.0 Å². The zero-order valence-electron chi connectivity index (χ0n) is 15.3. The van der Waals surface area contributed by atoms with Gasteiger partial charge in [0, 0.05) is 30.4 Å². The van der Waals surface area contributed by atoms with Gasteiger partial charge in [-0.2, -0.15) is 0 Å². The lowest BCUT2D eigenvalue weighted by molar-refractivity contribution is -0.384. The van der Waals surface area contributed by atoms with Gasteiger partial charge in [0.25, 0.3) is 11.6 Å². The molecule has 1 saturated heterocycles. The number of anilines is 2. The number of nitrogens with zero attached hydrogens (tertiary/aromatic N) is 2. The Balaban J connectivity index is 1.74. The minimum absolute atomic E-state index is 0.118. The van der Waals surface area contributed by atoms with Gasteiger partial charge in [0.15, 0.2) is 5.11 Å². The molecule has 146 valence electrons. The molecule has 28 heavy (non-hydrogen) atoms. The maximum absolute atomic E-state index is 12.5. The number of nitrogens with one attached hydrogen (secondary N) is 2. The third kappa shape index (κ3) is 4.62. The van der Waals surface area contributed by atoms with Crippen molar-refractivity contribution in [1.82, 2.24) is 5.32 Å². The number of rotatable bonds is 4. The van der Waals surface area contributed by atoms with Crippen molar-refractivity contribution in [2.45, 2.75) is 6.92 Å². The minimum atomic E-state index is -0.511. The predicted octanol–water partition coefficient (Wildman–Crippen LogP) is 2.87. The third-order valence-electron chi connectivity index (χ3n) is 4.41. The lowest BCUT2D eigenvalue weighted by Crippen LogP contribution is -2.37. The zero-order valence-corrected chi connectivity index (χ0v) is 16.1. The molecule has 9 heteroatoms. The number of hydrogen-bond donors (Lipinski definition) is 2. The van der Waals surface area contributed by atoms with Crippen molar-refractivity contribution < 1.29 is 14.5 Å². The van der Waals surface area contributed by atoms with Crippen molar-refractivity contribution in [2.75, 3.05) is 36.5 Å². The fraction of sp³-hybridized carbons (Fsp3) is 0.263. The lowest BCUT2D eigenvalue weighted by atomic mass is 10.1. The largest absolute Gasteiger partial charge is 0.378 e. The molecule has 1 heterocycles. The summed E-state index contributed by atoms with van der Waals surface area (Å²) in [6.45, 7) is 4.07. The van der Waals surface area contributed by atoms with Crippen molar-refractivity contribution in [3.05, 3.63) is 63.7 Å². The summed E-state index contributed by atoms with van der Waals surface area (Å²) in [4.78, 5) is 25.4. The second-order valence-corrected chi connectivity index (χ2v) is 6.69. The Morgan fingerprint density at radius 2 is 1.93 bits per heavy atom. The van der Waals surface area contributed by atoms with E-state index in [1.54, 1.807) is 12.1 Å². The number of carbonyl (C=O) groups is 1. The molecule has 0 spiro atoms. The van der Waals surface area contributed by atoms with Crippen molar-refractivity contribution in [3.63, 3.8) is 0 Å². The number of hydrogen-bond acceptors (Lipinski definition) is 6. The third-order valence-corrected chi connectivity index (χ3v) is 4.61. The van der Waals surface area contributed by atoms with Gasteiger partial charge in [0.1, 0.15) is 5.69 Å². The van der Waals surface area contributed by atoms with E-state index in [1.807, 2.05) is 36.1 Å². The highest BCUT2D eigenvalue weighted by Gasteiger charge is 2.23. The highest BCUT2D eigenvalue weighted by atomic mass is 32.1. The first kappa shape index (κ1) is 19.7. The Morgan fingerprint density at radius 1 is 1.21 bits per heavy atom. The number of amides is 1. The summed E-state index contributed by atoms with van der Waals surface area (Å²) < 4.78 is 5.29. The van der Waals surface area contributed by atoms with Crippen LogP contribution in [0.15, 0.2) is 42.5 Å². The molecule has 1 aliphatic rings. The SMILES string of the molecule is Cc1ccccc1NC(=S)NC(=O)c1ccc(N2CCOCC2)c([N+](=O)[O-])c1. The fourth-order valence-electron chi connectivity index (χ4n) is 2.92. The summed E-state index contributed by atoms with van der Waals surface area (Å²) in [5.74, 6) is -0.511. The van der Waals surface area contributed by atoms with Crippen LogP contribution in [0.5, 0.6) is 0 Å². The number of thiocarbonyl (C=S) groups is 1. The molecule has 0 radical (unpaired) electrons. The van der Waals surface area contributed by atoms with Gasteiger partial charge in [0.2, 0.25) is 0 Å². The molecule has 8 nitrogen and oxygen atoms in total. The molecule has 0 saturated carbocycles. The smallest absolute Gasteiger partial charge is 0.293 e. The van der Waals surface area contributed by atoms with E-state index in [-0.39, 0.29) is 16.4 Å². The summed E-state index contributed by atoms with van der Waals surface area (Å²) in [5.41, 5.74) is 2.28. The van der Waals surface area contributed by atoms with Crippen molar-refractivity contribution in [1.29, 1.82) is 0 Å². The van der Waals surface area contributed by atoms with Crippen LogP contribution >= 0.6 is 12.2 Å². The van der Waals surface area contributed by atoms with Gasteiger partial charge in [0.05, 0.1) is 18.1 Å². The summed E-state index contributed by atoms with van der Waals surface area (Å²) in [5, 5.41) is 17.2. The van der Waals surface area contributed by atoms with Crippen LogP contribution in [0.2, 0.25) is 0 Å². The van der Waals surface area contributed by atoms with Crippen LogP contribution in [0.25, 0.3) is 0 Å². The first-order chi connectivity index (χ1) is 13.5. The number of nitro benzene ring substituents is 1. The van der Waals surface area contributed by atoms with Crippen molar-refractivity contribution >= 4 is 40.3 Å². The Bertz CT molecular complexity index is 913. The first-order valence-electron chi connectivity index (χ1n) is 8.75. The molecule has 0 bridgehead atoms. The molecule has 3 rings (SSSR count). The molecular formula is C19H20N4O4S. The molecule has 2 aromatic carbocycles. The summed E-state index contributed by atoms with van der Waals surface area (Å²) in [6.07, 6.45) is 0.